The van der Waals surface area contributed by atoms with E-state index in [2.05, 4.69) is 64.6 Å². The second kappa shape index (κ2) is 21.5. The smallest absolute Gasteiger partial charge is 0.272 e. The predicted molar refractivity (Wildman–Crippen MR) is 246 cm³/mol. The first-order chi connectivity index (χ1) is 28.4. The van der Waals surface area contributed by atoms with Gasteiger partial charge in [-0.25, -0.2) is 0 Å². The van der Waals surface area contributed by atoms with E-state index in [9.17, 15) is 9.90 Å². The van der Waals surface area contributed by atoms with Crippen LogP contribution in [-0.4, -0.2) is 78.0 Å². The number of nitrogens with one attached hydrogen (secondary N) is 2. The van der Waals surface area contributed by atoms with Crippen molar-refractivity contribution in [2.24, 2.45) is 0 Å². The van der Waals surface area contributed by atoms with Crippen LogP contribution < -0.4 is 15.0 Å². The van der Waals surface area contributed by atoms with E-state index < -0.39 is 0 Å². The van der Waals surface area contributed by atoms with Crippen LogP contribution in [0.3, 0.4) is 0 Å². The number of aliphatic hydroxyl groups is 1. The second-order valence-corrected chi connectivity index (χ2v) is 15.8. The number of hydrogen-bond donors (Lipinski definition) is 3. The molecular weight excluding hydrogens is 805 g/mol. The number of nitrogens with zero attached hydrogens (tertiary/aromatic N) is 3. The number of carbonyl (C=O) groups is 2. The summed E-state index contributed by atoms with van der Waals surface area (Å²) in [6.07, 6.45) is 5.67. The summed E-state index contributed by atoms with van der Waals surface area (Å²) in [6.45, 7) is 14.8. The van der Waals surface area contributed by atoms with Gasteiger partial charge in [-0.3, -0.25) is 4.79 Å². The SMILES string of the molecule is C=CN(/C(=C(\C)c1ccccc1)c1c(C(=O)Nc2cc(OCCO)ccc2N2CCC(N(C)CCC)CC2)[nH]c2cc(Cl)ccc12)C(C)c1ccc(Cl)cc1Cl.CC=O. The largest absolute Gasteiger partial charge is 0.491 e. The van der Waals surface area contributed by atoms with E-state index in [1.165, 1.54) is 6.92 Å². The Bertz CT molecular complexity index is 2250. The summed E-state index contributed by atoms with van der Waals surface area (Å²) < 4.78 is 5.84. The number of fused-ring (bicyclic) bond motifs is 1. The molecule has 0 spiro atoms. The number of hydrogen-bond acceptors (Lipinski definition) is 7. The molecule has 5 aromatic rings. The van der Waals surface area contributed by atoms with Crippen molar-refractivity contribution in [1.82, 2.24) is 14.8 Å². The Labute approximate surface area is 363 Å². The van der Waals surface area contributed by atoms with Gasteiger partial charge in [0.2, 0.25) is 0 Å². The van der Waals surface area contributed by atoms with E-state index in [1.807, 2.05) is 73.7 Å². The number of rotatable bonds is 15. The molecule has 59 heavy (non-hydrogen) atoms. The summed E-state index contributed by atoms with van der Waals surface area (Å²) in [7, 11) is 2.20. The molecule has 9 nitrogen and oxygen atoms in total. The van der Waals surface area contributed by atoms with Crippen molar-refractivity contribution in [3.8, 4) is 5.75 Å². The fourth-order valence-corrected chi connectivity index (χ4v) is 8.50. The van der Waals surface area contributed by atoms with Gasteiger partial charge in [0.05, 0.1) is 29.7 Å². The Hall–Kier alpha value is -4.77. The van der Waals surface area contributed by atoms with Gasteiger partial charge in [0.15, 0.2) is 0 Å². The number of allylic oxidation sites excluding steroid dienone is 1. The highest BCUT2D eigenvalue weighted by atomic mass is 35.5. The fraction of sp³-hybridized carbons (Fsp3) is 0.319. The van der Waals surface area contributed by atoms with Crippen molar-refractivity contribution in [3.05, 3.63) is 135 Å². The molecule has 312 valence electrons. The lowest BCUT2D eigenvalue weighted by atomic mass is 9.95. The highest BCUT2D eigenvalue weighted by Gasteiger charge is 2.30. The molecule has 1 amide bonds. The minimum absolute atomic E-state index is 0.126. The molecule has 6 rings (SSSR count). The van der Waals surface area contributed by atoms with Crippen LogP contribution in [0.2, 0.25) is 15.1 Å². The van der Waals surface area contributed by atoms with Crippen LogP contribution in [0.4, 0.5) is 11.4 Å². The van der Waals surface area contributed by atoms with E-state index >= 15 is 0 Å². The fourth-order valence-electron chi connectivity index (χ4n) is 7.77. The standard InChI is InChI=1S/C45H50Cl3N5O3.C2H4O/c1-6-21-51(5)34-19-22-52(23-20-34)41-18-15-35(56-25-24-54)28-40(41)50-45(55)43-42(37-17-14-33(47)27-39(37)49-43)44(29(3)31-11-9-8-10-12-31)53(7-2)30(4)36-16-13-32(46)26-38(36)48;1-2-3/h7-18,26-28,30,34,49,54H,2,6,19-25H2,1,3-5H3,(H,50,55);2H,1H3/b44-29+;. The first kappa shape index (κ1) is 45.3. The third-order valence-electron chi connectivity index (χ3n) is 10.7. The number of ether oxygens (including phenoxy) is 1. The number of amides is 1. The first-order valence-corrected chi connectivity index (χ1v) is 21.1. The van der Waals surface area contributed by atoms with Crippen molar-refractivity contribution in [3.63, 3.8) is 0 Å². The zero-order valence-corrected chi connectivity index (χ0v) is 36.7. The molecule has 0 bridgehead atoms. The Balaban J connectivity index is 0.00000214. The number of halogens is 3. The van der Waals surface area contributed by atoms with Crippen LogP contribution in [-0.2, 0) is 4.79 Å². The Kier molecular flexibility index (Phi) is 16.5. The van der Waals surface area contributed by atoms with Gasteiger partial charge in [-0.05, 0) is 113 Å². The summed E-state index contributed by atoms with van der Waals surface area (Å²) in [4.78, 5) is 34.1. The quantitative estimate of drug-likeness (QED) is 0.0901. The average Bonchev–Trinajstić information content (AvgIpc) is 3.60. The molecule has 0 saturated carbocycles. The minimum Gasteiger partial charge on any atom is -0.491 e. The zero-order valence-electron chi connectivity index (χ0n) is 34.4. The van der Waals surface area contributed by atoms with E-state index in [-0.39, 0.29) is 25.2 Å². The van der Waals surface area contributed by atoms with Crippen molar-refractivity contribution in [2.75, 3.05) is 50.1 Å². The van der Waals surface area contributed by atoms with Gasteiger partial charge in [0, 0.05) is 56.7 Å². The molecule has 2 heterocycles. The zero-order chi connectivity index (χ0) is 42.6. The van der Waals surface area contributed by atoms with Gasteiger partial charge >= 0.3 is 0 Å². The van der Waals surface area contributed by atoms with E-state index in [4.69, 9.17) is 44.3 Å². The highest BCUT2D eigenvalue weighted by molar-refractivity contribution is 6.35. The third-order valence-corrected chi connectivity index (χ3v) is 11.4. The third kappa shape index (κ3) is 10.9. The van der Waals surface area contributed by atoms with Crippen LogP contribution in [0, 0.1) is 0 Å². The van der Waals surface area contributed by atoms with Crippen molar-refractivity contribution in [1.29, 1.82) is 0 Å². The summed E-state index contributed by atoms with van der Waals surface area (Å²) in [5, 5.41) is 15.2. The summed E-state index contributed by atoms with van der Waals surface area (Å²) in [5.74, 6) is 0.205. The summed E-state index contributed by atoms with van der Waals surface area (Å²) >= 11 is 19.7. The molecule has 1 aliphatic rings. The predicted octanol–water partition coefficient (Wildman–Crippen LogP) is 11.4. The molecule has 1 atom stereocenters. The van der Waals surface area contributed by atoms with Gasteiger partial charge < -0.3 is 39.6 Å². The molecule has 4 aromatic carbocycles. The van der Waals surface area contributed by atoms with Gasteiger partial charge in [-0.15, -0.1) is 0 Å². The number of anilines is 2. The number of aromatic amines is 1. The summed E-state index contributed by atoms with van der Waals surface area (Å²) in [5.41, 5.74) is 6.76. The topological polar surface area (TPSA) is 101 Å². The maximum Gasteiger partial charge on any atom is 0.272 e. The van der Waals surface area contributed by atoms with Crippen LogP contribution in [0.5, 0.6) is 5.75 Å². The molecule has 1 unspecified atom stereocenters. The molecule has 0 radical (unpaired) electrons. The highest BCUT2D eigenvalue weighted by Crippen LogP contribution is 2.43. The second-order valence-electron chi connectivity index (χ2n) is 14.5. The van der Waals surface area contributed by atoms with E-state index in [0.717, 1.165) is 78.7 Å². The molecule has 12 heteroatoms. The van der Waals surface area contributed by atoms with Crippen molar-refractivity contribution >= 4 is 80.5 Å². The maximum atomic E-state index is 15.0. The molecule has 3 N–H and O–H groups in total. The monoisotopic (exact) mass is 857 g/mol. The van der Waals surface area contributed by atoms with Crippen molar-refractivity contribution in [2.45, 2.75) is 59.0 Å². The normalized spacial score (nSPS) is 14.0. The lowest BCUT2D eigenvalue weighted by Crippen LogP contribution is -2.43. The number of aliphatic hydroxyl groups excluding tert-OH is 1. The Morgan fingerprint density at radius 2 is 1.71 bits per heavy atom. The number of benzene rings is 4. The molecule has 1 fully saturated rings. The van der Waals surface area contributed by atoms with Gasteiger partial charge in [-0.2, -0.15) is 0 Å². The van der Waals surface area contributed by atoms with Crippen LogP contribution in [0.25, 0.3) is 22.2 Å². The lowest BCUT2D eigenvalue weighted by Gasteiger charge is -2.38. The van der Waals surface area contributed by atoms with E-state index in [0.29, 0.717) is 49.3 Å². The van der Waals surface area contributed by atoms with Gasteiger partial charge in [0.25, 0.3) is 5.91 Å². The van der Waals surface area contributed by atoms with Crippen LogP contribution >= 0.6 is 34.8 Å². The molecule has 1 saturated heterocycles. The molecule has 1 aromatic heterocycles. The minimum atomic E-state index is -0.343. The molecule has 0 aliphatic carbocycles. The number of carbonyl (C=O) groups excluding carboxylic acids is 2. The number of aromatic nitrogens is 1. The molecule has 1 aliphatic heterocycles. The van der Waals surface area contributed by atoms with Crippen molar-refractivity contribution < 1.29 is 19.4 Å². The summed E-state index contributed by atoms with van der Waals surface area (Å²) in [6, 6.07) is 27.1. The Morgan fingerprint density at radius 3 is 2.36 bits per heavy atom. The van der Waals surface area contributed by atoms with Gasteiger partial charge in [-0.1, -0.05) is 90.8 Å². The maximum absolute atomic E-state index is 15.0. The molecular formula is C47H54Cl3N5O4. The Morgan fingerprint density at radius 1 is 1.03 bits per heavy atom. The number of aldehydes is 1. The van der Waals surface area contributed by atoms with Crippen LogP contribution in [0.1, 0.15) is 80.2 Å². The van der Waals surface area contributed by atoms with E-state index in [1.54, 1.807) is 12.3 Å². The number of piperidine rings is 1. The average molecular weight is 859 g/mol. The number of H-pyrrole nitrogens is 1. The first-order valence-electron chi connectivity index (χ1n) is 19.9. The lowest BCUT2D eigenvalue weighted by molar-refractivity contribution is -0.106. The van der Waals surface area contributed by atoms with Crippen LogP contribution in [0.15, 0.2) is 97.7 Å². The van der Waals surface area contributed by atoms with Gasteiger partial charge in [0.1, 0.15) is 24.3 Å².